The number of carboxylic acids is 1. The van der Waals surface area contributed by atoms with Crippen LogP contribution in [0.2, 0.25) is 0 Å². The molecule has 0 radical (unpaired) electrons. The molecule has 6 nitrogen and oxygen atoms in total. The van der Waals surface area contributed by atoms with Gasteiger partial charge in [-0.3, -0.25) is 4.55 Å². The number of carbonyl (C=O) groups is 1. The quantitative estimate of drug-likeness (QED) is 0.277. The average molecular weight is 567 g/mol. The Morgan fingerprint density at radius 3 is 1.42 bits per heavy atom. The molecule has 4 rings (SSSR count). The van der Waals surface area contributed by atoms with Gasteiger partial charge in [0.15, 0.2) is 0 Å². The topological polar surface area (TPSA) is 115 Å². The van der Waals surface area contributed by atoms with Crippen LogP contribution in [0.5, 0.6) is 5.75 Å². The molecule has 0 aliphatic rings. The molecule has 0 fully saturated rings. The van der Waals surface area contributed by atoms with Crippen LogP contribution in [0.3, 0.4) is 0 Å². The third-order valence-electron chi connectivity index (χ3n) is 4.67. The molecule has 166 valence electrons. The van der Waals surface area contributed by atoms with Gasteiger partial charge in [0.05, 0.1) is 10.9 Å². The van der Waals surface area contributed by atoms with Gasteiger partial charge in [-0.05, 0) is 18.2 Å². The summed E-state index contributed by atoms with van der Waals surface area (Å²) in [6, 6.07) is 35.3. The molecule has 0 saturated carbocycles. The normalized spacial score (nSPS) is 10.6. The Labute approximate surface area is 199 Å². The predicted molar refractivity (Wildman–Crippen MR) is 126 cm³/mol. The minimum absolute atomic E-state index is 0.611. The van der Waals surface area contributed by atoms with Crippen LogP contribution in [0.1, 0.15) is 10.4 Å². The summed E-state index contributed by atoms with van der Waals surface area (Å²) in [6.07, 6.45) is 0. The third kappa shape index (κ3) is 6.67. The summed E-state index contributed by atoms with van der Waals surface area (Å²) in [7, 11) is -4.48. The van der Waals surface area contributed by atoms with Gasteiger partial charge in [0.1, 0.15) is 5.75 Å². The standard InChI is InChI=1S/C7H6O6S.3C6H5.Sn/c8-6-2-1-4(14(11,12)13)3-5(6)7(9)10;3*1-2-4-6-5-3-1;/h1-3,8H,(H,9,10)(H,11,12,13);3*1-5H;/q;;;;+1/p-1. The third-order valence-corrected chi connectivity index (χ3v) is 13.3. The summed E-state index contributed by atoms with van der Waals surface area (Å²) in [5, 5.41) is 19.3. The fourth-order valence-electron chi connectivity index (χ4n) is 3.15. The monoisotopic (exact) mass is 568 g/mol. The fourth-order valence-corrected chi connectivity index (χ4v) is 11.0. The van der Waals surface area contributed by atoms with Gasteiger partial charge in [-0.25, -0.2) is 0 Å². The van der Waals surface area contributed by atoms with E-state index in [4.69, 9.17) is 9.66 Å². The average Bonchev–Trinajstić information content (AvgIpc) is 2.81. The molecule has 0 bridgehead atoms. The summed E-state index contributed by atoms with van der Waals surface area (Å²) in [5.41, 5.74) is -0.694. The second kappa shape index (κ2) is 11.1. The first-order chi connectivity index (χ1) is 15.8. The van der Waals surface area contributed by atoms with Gasteiger partial charge in [0.2, 0.25) is 0 Å². The molecule has 0 unspecified atom stereocenters. The van der Waals surface area contributed by atoms with Gasteiger partial charge >= 0.3 is 121 Å². The van der Waals surface area contributed by atoms with Crippen LogP contribution < -0.4 is 15.8 Å². The number of carboxylic acid groups (broad SMARTS) is 1. The second-order valence-electron chi connectivity index (χ2n) is 6.91. The van der Waals surface area contributed by atoms with E-state index in [9.17, 15) is 18.3 Å². The first kappa shape index (κ1) is 24.5. The van der Waals surface area contributed by atoms with Crippen molar-refractivity contribution in [1.82, 2.24) is 0 Å². The summed E-state index contributed by atoms with van der Waals surface area (Å²) in [4.78, 5) is 9.74. The number of hydrogen-bond donors (Lipinski definition) is 2. The number of benzene rings is 4. The van der Waals surface area contributed by atoms with E-state index in [0.29, 0.717) is 6.07 Å². The van der Waals surface area contributed by atoms with Crippen molar-refractivity contribution in [3.8, 4) is 5.75 Å². The SMILES string of the molecule is O=C([O-])c1cc(S(=O)(=O)O)ccc1O.c1cc[c]([Sn+]([c]2ccccc2)[c]2ccccc2)cc1. The van der Waals surface area contributed by atoms with E-state index in [-0.39, 0.29) is 0 Å². The Morgan fingerprint density at radius 1 is 0.697 bits per heavy atom. The molecule has 0 heterocycles. The molecule has 0 amide bonds. The van der Waals surface area contributed by atoms with Gasteiger partial charge in [-0.15, -0.1) is 0 Å². The second-order valence-corrected chi connectivity index (χ2v) is 15.4. The summed E-state index contributed by atoms with van der Waals surface area (Å²) >= 11 is -1.98. The van der Waals surface area contributed by atoms with Crippen molar-refractivity contribution < 1.29 is 28.0 Å². The molecule has 8 heteroatoms. The van der Waals surface area contributed by atoms with E-state index in [1.165, 1.54) is 10.7 Å². The van der Waals surface area contributed by atoms with Crippen molar-refractivity contribution in [3.63, 3.8) is 0 Å². The molecule has 0 aliphatic carbocycles. The molecule has 4 aromatic rings. The molecule has 33 heavy (non-hydrogen) atoms. The van der Waals surface area contributed by atoms with Gasteiger partial charge in [-0.2, -0.15) is 8.42 Å². The maximum absolute atomic E-state index is 10.6. The van der Waals surface area contributed by atoms with Crippen molar-refractivity contribution in [2.75, 3.05) is 0 Å². The number of aromatic carboxylic acids is 1. The van der Waals surface area contributed by atoms with Crippen molar-refractivity contribution in [3.05, 3.63) is 115 Å². The number of carbonyl (C=O) groups excluding carboxylic acids is 1. The molecule has 4 aromatic carbocycles. The van der Waals surface area contributed by atoms with E-state index < -0.39 is 52.1 Å². The van der Waals surface area contributed by atoms with E-state index in [0.717, 1.165) is 12.1 Å². The van der Waals surface area contributed by atoms with Gasteiger partial charge in [0.25, 0.3) is 10.1 Å². The van der Waals surface area contributed by atoms with Crippen LogP contribution in [0.25, 0.3) is 0 Å². The van der Waals surface area contributed by atoms with Crippen LogP contribution in [-0.4, -0.2) is 43.8 Å². The van der Waals surface area contributed by atoms with Crippen LogP contribution in [0.4, 0.5) is 0 Å². The van der Waals surface area contributed by atoms with Crippen molar-refractivity contribution in [2.45, 2.75) is 4.90 Å². The first-order valence-corrected chi connectivity index (χ1v) is 15.5. The molecule has 0 atom stereocenters. The Hall–Kier alpha value is -3.14. The van der Waals surface area contributed by atoms with Gasteiger partial charge < -0.3 is 15.0 Å². The molecule has 0 aliphatic heterocycles. The van der Waals surface area contributed by atoms with Crippen molar-refractivity contribution in [1.29, 1.82) is 0 Å². The van der Waals surface area contributed by atoms with Crippen molar-refractivity contribution in [2.24, 2.45) is 0 Å². The van der Waals surface area contributed by atoms with Crippen LogP contribution in [0.15, 0.2) is 114 Å². The predicted octanol–water partition coefficient (Wildman–Crippen LogP) is 1.21. The van der Waals surface area contributed by atoms with E-state index in [2.05, 4.69) is 91.0 Å². The fraction of sp³-hybridized carbons (Fsp3) is 0. The zero-order chi connectivity index (χ0) is 23.8. The molecule has 0 saturated heterocycles. The Kier molecular flexibility index (Phi) is 8.26. The zero-order valence-corrected chi connectivity index (χ0v) is 21.0. The number of hydrogen-bond acceptors (Lipinski definition) is 5. The number of phenols is 1. The van der Waals surface area contributed by atoms with Crippen LogP contribution >= 0.6 is 0 Å². The number of rotatable bonds is 5. The summed E-state index contributed by atoms with van der Waals surface area (Å²) < 4.78 is 34.3. The number of aromatic hydroxyl groups is 1. The van der Waals surface area contributed by atoms with Gasteiger partial charge in [-0.1, -0.05) is 0 Å². The zero-order valence-electron chi connectivity index (χ0n) is 17.3. The molecular formula is C25H20O6SSn. The van der Waals surface area contributed by atoms with E-state index in [1.807, 2.05) is 0 Å². The molecular weight excluding hydrogens is 547 g/mol. The maximum atomic E-state index is 10.6. The van der Waals surface area contributed by atoms with Gasteiger partial charge in [0, 0.05) is 5.56 Å². The molecule has 0 spiro atoms. The van der Waals surface area contributed by atoms with Crippen LogP contribution in [-0.2, 0) is 10.1 Å². The minimum atomic E-state index is -4.48. The summed E-state index contributed by atoms with van der Waals surface area (Å²) in [5.74, 6) is -2.36. The first-order valence-electron chi connectivity index (χ1n) is 9.82. The van der Waals surface area contributed by atoms with E-state index in [1.54, 1.807) is 0 Å². The van der Waals surface area contributed by atoms with Crippen molar-refractivity contribution >= 4 is 46.6 Å². The Bertz CT molecular complexity index is 1220. The summed E-state index contributed by atoms with van der Waals surface area (Å²) in [6.45, 7) is 0. The molecule has 2 N–H and O–H groups in total. The van der Waals surface area contributed by atoms with Crippen LogP contribution in [0, 0.1) is 0 Å². The Balaban J connectivity index is 0.000000196. The molecule has 0 aromatic heterocycles. The van der Waals surface area contributed by atoms with E-state index >= 15 is 0 Å². The Morgan fingerprint density at radius 2 is 1.09 bits per heavy atom.